The van der Waals surface area contributed by atoms with Crippen molar-refractivity contribution in [2.45, 2.75) is 19.9 Å². The van der Waals surface area contributed by atoms with Gasteiger partial charge in [0.2, 0.25) is 0 Å². The summed E-state index contributed by atoms with van der Waals surface area (Å²) in [6, 6.07) is 16.0. The molecule has 11 heteroatoms. The molecule has 1 aliphatic heterocycles. The van der Waals surface area contributed by atoms with E-state index in [9.17, 15) is 19.7 Å². The van der Waals surface area contributed by atoms with Gasteiger partial charge in [-0.2, -0.15) is 0 Å². The number of hydrogen-bond acceptors (Lipinski definition) is 8. The van der Waals surface area contributed by atoms with Crippen molar-refractivity contribution < 1.29 is 18.9 Å². The van der Waals surface area contributed by atoms with Crippen LogP contribution in [0.3, 0.4) is 0 Å². The van der Waals surface area contributed by atoms with Gasteiger partial charge in [-0.25, -0.2) is 9.79 Å². The monoisotopic (exact) mass is 549 g/mol. The maximum atomic E-state index is 13.6. The van der Waals surface area contributed by atoms with E-state index in [0.29, 0.717) is 37.7 Å². The smallest absolute Gasteiger partial charge is 0.338 e. The van der Waals surface area contributed by atoms with Gasteiger partial charge in [-0.05, 0) is 37.6 Å². The fourth-order valence-corrected chi connectivity index (χ4v) is 5.56. The molecule has 0 saturated carbocycles. The Bertz CT molecular complexity index is 1780. The highest BCUT2D eigenvalue weighted by Gasteiger charge is 2.33. The van der Waals surface area contributed by atoms with Crippen molar-refractivity contribution in [1.82, 2.24) is 4.57 Å². The number of carbonyl (C=O) groups is 1. The molecule has 192 valence electrons. The lowest BCUT2D eigenvalue weighted by Crippen LogP contribution is -2.39. The number of esters is 1. The lowest BCUT2D eigenvalue weighted by molar-refractivity contribution is -0.384. The second kappa shape index (κ2) is 10.2. The molecule has 1 atom stereocenters. The molecule has 2 aromatic heterocycles. The summed E-state index contributed by atoms with van der Waals surface area (Å²) in [6.45, 7) is 3.65. The average Bonchev–Trinajstić information content (AvgIpc) is 3.48. The third kappa shape index (κ3) is 4.59. The predicted molar refractivity (Wildman–Crippen MR) is 143 cm³/mol. The van der Waals surface area contributed by atoms with Crippen molar-refractivity contribution in [3.8, 4) is 11.3 Å². The minimum Gasteiger partial charge on any atom is -0.463 e. The first-order valence-corrected chi connectivity index (χ1v) is 12.8. The molecule has 5 rings (SSSR count). The largest absolute Gasteiger partial charge is 0.463 e. The van der Waals surface area contributed by atoms with Crippen molar-refractivity contribution in [2.24, 2.45) is 4.99 Å². The highest BCUT2D eigenvalue weighted by atomic mass is 35.5. The zero-order valence-electron chi connectivity index (χ0n) is 20.2. The standard InChI is InChI=1S/C27H20ClN3O6S/c1-3-36-26(33)23-15(2)29-27-30(24(23)16-7-5-4-6-8-16)25(32)22(38-27)14-18-10-12-21(37-18)19-11-9-17(31(34)35)13-20(19)28/h4-14,24H,3H2,1-2H3/b22-14-/t24-/m1/s1. The molecule has 38 heavy (non-hydrogen) atoms. The minimum absolute atomic E-state index is 0.128. The molecule has 0 bridgehead atoms. The molecule has 0 saturated heterocycles. The summed E-state index contributed by atoms with van der Waals surface area (Å²) in [4.78, 5) is 42.0. The van der Waals surface area contributed by atoms with Crippen LogP contribution in [0.5, 0.6) is 0 Å². The second-order valence-electron chi connectivity index (χ2n) is 8.34. The lowest BCUT2D eigenvalue weighted by Gasteiger charge is -2.24. The number of halogens is 1. The first kappa shape index (κ1) is 25.4. The number of fused-ring (bicyclic) bond motifs is 1. The molecule has 0 radical (unpaired) electrons. The number of allylic oxidation sites excluding steroid dienone is 1. The highest BCUT2D eigenvalue weighted by molar-refractivity contribution is 7.07. The van der Waals surface area contributed by atoms with Gasteiger partial charge in [0.05, 0.1) is 38.4 Å². The first-order chi connectivity index (χ1) is 18.3. The van der Waals surface area contributed by atoms with Crippen LogP contribution >= 0.6 is 22.9 Å². The van der Waals surface area contributed by atoms with E-state index in [2.05, 4.69) is 4.99 Å². The highest BCUT2D eigenvalue weighted by Crippen LogP contribution is 2.33. The van der Waals surface area contributed by atoms with Gasteiger partial charge in [0.25, 0.3) is 11.2 Å². The maximum absolute atomic E-state index is 13.6. The van der Waals surface area contributed by atoms with E-state index in [0.717, 1.165) is 5.56 Å². The predicted octanol–water partition coefficient (Wildman–Crippen LogP) is 4.62. The Hall–Kier alpha value is -4.28. The molecule has 2 aromatic carbocycles. The number of hydrogen-bond donors (Lipinski definition) is 0. The summed E-state index contributed by atoms with van der Waals surface area (Å²) in [5.41, 5.74) is 1.58. The maximum Gasteiger partial charge on any atom is 0.338 e. The SMILES string of the molecule is CCOC(=O)C1=C(C)N=c2s/c(=C\c3ccc(-c4ccc([N+](=O)[O-])cc4Cl)o3)c(=O)n2[C@@H]1c1ccccc1. The number of furan rings is 1. The molecule has 0 fully saturated rings. The van der Waals surface area contributed by atoms with Crippen LogP contribution in [-0.2, 0) is 9.53 Å². The van der Waals surface area contributed by atoms with Crippen molar-refractivity contribution >= 4 is 40.7 Å². The van der Waals surface area contributed by atoms with Crippen molar-refractivity contribution in [1.29, 1.82) is 0 Å². The molecule has 0 aliphatic carbocycles. The molecule has 0 N–H and O–H groups in total. The Labute approximate surface area is 224 Å². The number of ether oxygens (including phenoxy) is 1. The van der Waals surface area contributed by atoms with Gasteiger partial charge in [-0.1, -0.05) is 53.3 Å². The zero-order valence-corrected chi connectivity index (χ0v) is 21.8. The van der Waals surface area contributed by atoms with Crippen LogP contribution < -0.4 is 14.9 Å². The number of rotatable bonds is 6. The van der Waals surface area contributed by atoms with Gasteiger partial charge in [0, 0.05) is 23.8 Å². The first-order valence-electron chi connectivity index (χ1n) is 11.6. The lowest BCUT2D eigenvalue weighted by atomic mass is 9.96. The number of nitro benzene ring substituents is 1. The fraction of sp³-hybridized carbons (Fsp3) is 0.148. The van der Waals surface area contributed by atoms with Crippen molar-refractivity contribution in [3.05, 3.63) is 118 Å². The van der Waals surface area contributed by atoms with Crippen LogP contribution in [0.2, 0.25) is 5.02 Å². The Kier molecular flexibility index (Phi) is 6.83. The third-order valence-corrected chi connectivity index (χ3v) is 7.26. The van der Waals surface area contributed by atoms with E-state index in [1.165, 1.54) is 34.1 Å². The van der Waals surface area contributed by atoms with Crippen LogP contribution in [0, 0.1) is 10.1 Å². The van der Waals surface area contributed by atoms with Crippen LogP contribution in [0.1, 0.15) is 31.2 Å². The fourth-order valence-electron chi connectivity index (χ4n) is 4.26. The molecular weight excluding hydrogens is 530 g/mol. The summed E-state index contributed by atoms with van der Waals surface area (Å²) < 4.78 is 13.1. The van der Waals surface area contributed by atoms with E-state index < -0.39 is 16.9 Å². The number of aromatic nitrogens is 1. The molecule has 1 aliphatic rings. The van der Waals surface area contributed by atoms with Gasteiger partial charge in [0.1, 0.15) is 11.5 Å². The summed E-state index contributed by atoms with van der Waals surface area (Å²) in [5.74, 6) is 0.260. The molecule has 3 heterocycles. The number of thiazole rings is 1. The average molecular weight is 550 g/mol. The number of nitro groups is 1. The van der Waals surface area contributed by atoms with Crippen LogP contribution in [0.15, 0.2) is 86.1 Å². The minimum atomic E-state index is -0.695. The summed E-state index contributed by atoms with van der Waals surface area (Å²) in [6.07, 6.45) is 1.60. The summed E-state index contributed by atoms with van der Waals surface area (Å²) >= 11 is 7.42. The molecule has 4 aromatic rings. The van der Waals surface area contributed by atoms with Crippen molar-refractivity contribution in [2.75, 3.05) is 6.61 Å². The number of benzene rings is 2. The number of non-ortho nitro benzene ring substituents is 1. The quantitative estimate of drug-likeness (QED) is 0.197. The van der Waals surface area contributed by atoms with Crippen molar-refractivity contribution in [3.63, 3.8) is 0 Å². The Morgan fingerprint density at radius 3 is 2.68 bits per heavy atom. The topological polar surface area (TPSA) is 117 Å². The van der Waals surface area contributed by atoms with Gasteiger partial charge in [-0.3, -0.25) is 19.5 Å². The van der Waals surface area contributed by atoms with E-state index in [1.54, 1.807) is 32.1 Å². The van der Waals surface area contributed by atoms with Crippen LogP contribution in [0.25, 0.3) is 17.4 Å². The Balaban J connectivity index is 1.60. The molecule has 9 nitrogen and oxygen atoms in total. The molecule has 0 spiro atoms. The number of carbonyl (C=O) groups excluding carboxylic acids is 1. The van der Waals surface area contributed by atoms with E-state index in [4.69, 9.17) is 20.8 Å². The van der Waals surface area contributed by atoms with Gasteiger partial charge in [-0.15, -0.1) is 0 Å². The van der Waals surface area contributed by atoms with E-state index in [1.807, 2.05) is 30.3 Å². The van der Waals surface area contributed by atoms with Gasteiger partial charge >= 0.3 is 5.97 Å². The second-order valence-corrected chi connectivity index (χ2v) is 9.75. The number of nitrogens with zero attached hydrogens (tertiary/aromatic N) is 3. The Morgan fingerprint density at radius 2 is 2.00 bits per heavy atom. The van der Waals surface area contributed by atoms with Gasteiger partial charge < -0.3 is 9.15 Å². The third-order valence-electron chi connectivity index (χ3n) is 5.96. The van der Waals surface area contributed by atoms with E-state index >= 15 is 0 Å². The van der Waals surface area contributed by atoms with Crippen LogP contribution in [0.4, 0.5) is 5.69 Å². The molecule has 0 unspecified atom stereocenters. The Morgan fingerprint density at radius 1 is 1.24 bits per heavy atom. The van der Waals surface area contributed by atoms with E-state index in [-0.39, 0.29) is 22.9 Å². The molecule has 0 amide bonds. The van der Waals surface area contributed by atoms with Gasteiger partial charge in [0.15, 0.2) is 4.80 Å². The zero-order chi connectivity index (χ0) is 27.0. The van der Waals surface area contributed by atoms with Crippen LogP contribution in [-0.4, -0.2) is 22.1 Å². The normalized spacial score (nSPS) is 15.2. The summed E-state index contributed by atoms with van der Waals surface area (Å²) in [7, 11) is 0. The molecular formula is C27H20ClN3O6S. The summed E-state index contributed by atoms with van der Waals surface area (Å²) in [5, 5.41) is 11.2.